The molecule has 3 aromatic rings. The summed E-state index contributed by atoms with van der Waals surface area (Å²) in [6.45, 7) is 1.99. The predicted molar refractivity (Wildman–Crippen MR) is 69.1 cm³/mol. The fraction of sp³-hybridized carbons (Fsp3) is 0.167. The van der Waals surface area contributed by atoms with Crippen molar-refractivity contribution in [3.63, 3.8) is 0 Å². The summed E-state index contributed by atoms with van der Waals surface area (Å²) in [6, 6.07) is 7.53. The van der Waals surface area contributed by atoms with E-state index in [1.165, 1.54) is 0 Å². The van der Waals surface area contributed by atoms with Crippen molar-refractivity contribution in [2.75, 3.05) is 0 Å². The fourth-order valence-electron chi connectivity index (χ4n) is 1.85. The molecule has 3 heterocycles. The summed E-state index contributed by atoms with van der Waals surface area (Å²) in [5.41, 5.74) is 2.13. The van der Waals surface area contributed by atoms with Crippen LogP contribution < -0.4 is 0 Å². The SMILES string of the molecule is Cc1nn(C)c2sc(-c3ccc(C#N)nn3)cc12. The maximum Gasteiger partial charge on any atom is 0.163 e. The minimum Gasteiger partial charge on any atom is -0.258 e. The first-order chi connectivity index (χ1) is 8.69. The van der Waals surface area contributed by atoms with Gasteiger partial charge in [-0.15, -0.1) is 21.5 Å². The second kappa shape index (κ2) is 3.89. The van der Waals surface area contributed by atoms with Gasteiger partial charge in [0.05, 0.1) is 10.6 Å². The third-order valence-corrected chi connectivity index (χ3v) is 3.95. The van der Waals surface area contributed by atoms with E-state index in [0.29, 0.717) is 5.69 Å². The van der Waals surface area contributed by atoms with Crippen LogP contribution in [0.5, 0.6) is 0 Å². The molecule has 0 atom stereocenters. The number of aryl methyl sites for hydroxylation is 2. The van der Waals surface area contributed by atoms with Gasteiger partial charge in [0.2, 0.25) is 0 Å². The molecule has 3 aromatic heterocycles. The Labute approximate surface area is 107 Å². The maximum atomic E-state index is 8.69. The highest BCUT2D eigenvalue weighted by atomic mass is 32.1. The van der Waals surface area contributed by atoms with E-state index in [-0.39, 0.29) is 0 Å². The summed E-state index contributed by atoms with van der Waals surface area (Å²) >= 11 is 1.63. The lowest BCUT2D eigenvalue weighted by Gasteiger charge is -1.94. The van der Waals surface area contributed by atoms with E-state index in [0.717, 1.165) is 26.5 Å². The first-order valence-corrected chi connectivity index (χ1v) is 6.18. The smallest absolute Gasteiger partial charge is 0.163 e. The van der Waals surface area contributed by atoms with Crippen LogP contribution in [0.15, 0.2) is 18.2 Å². The minimum absolute atomic E-state index is 0.331. The Hall–Kier alpha value is -2.26. The van der Waals surface area contributed by atoms with Crippen LogP contribution in [0.25, 0.3) is 20.8 Å². The number of thiophene rings is 1. The van der Waals surface area contributed by atoms with Gasteiger partial charge < -0.3 is 0 Å². The summed E-state index contributed by atoms with van der Waals surface area (Å²) < 4.78 is 1.87. The highest BCUT2D eigenvalue weighted by Gasteiger charge is 2.12. The molecule has 0 radical (unpaired) electrons. The van der Waals surface area contributed by atoms with Gasteiger partial charge in [-0.3, -0.25) is 4.68 Å². The molecule has 0 spiro atoms. The second-order valence-electron chi connectivity index (χ2n) is 3.95. The van der Waals surface area contributed by atoms with Gasteiger partial charge in [-0.2, -0.15) is 10.4 Å². The van der Waals surface area contributed by atoms with E-state index < -0.39 is 0 Å². The lowest BCUT2D eigenvalue weighted by atomic mass is 10.2. The molecule has 0 saturated heterocycles. The number of nitriles is 1. The van der Waals surface area contributed by atoms with Crippen molar-refractivity contribution < 1.29 is 0 Å². The second-order valence-corrected chi connectivity index (χ2v) is 4.98. The number of aromatic nitrogens is 4. The quantitative estimate of drug-likeness (QED) is 0.669. The van der Waals surface area contributed by atoms with E-state index >= 15 is 0 Å². The Balaban J connectivity index is 2.13. The molecular weight excluding hydrogens is 246 g/mol. The third-order valence-electron chi connectivity index (χ3n) is 2.73. The Morgan fingerprint density at radius 1 is 1.33 bits per heavy atom. The van der Waals surface area contributed by atoms with Gasteiger partial charge in [0.15, 0.2) is 5.69 Å². The van der Waals surface area contributed by atoms with Crippen molar-refractivity contribution in [3.8, 4) is 16.6 Å². The van der Waals surface area contributed by atoms with Crippen molar-refractivity contribution >= 4 is 21.6 Å². The lowest BCUT2D eigenvalue weighted by molar-refractivity contribution is 0.788. The lowest BCUT2D eigenvalue weighted by Crippen LogP contribution is -1.89. The van der Waals surface area contributed by atoms with Crippen molar-refractivity contribution in [2.45, 2.75) is 6.92 Å². The highest BCUT2D eigenvalue weighted by Crippen LogP contribution is 2.33. The zero-order valence-corrected chi connectivity index (χ0v) is 10.7. The molecule has 3 rings (SSSR count). The zero-order chi connectivity index (χ0) is 12.7. The van der Waals surface area contributed by atoms with Gasteiger partial charge in [-0.05, 0) is 25.1 Å². The van der Waals surface area contributed by atoms with E-state index in [1.807, 2.05) is 30.8 Å². The molecule has 88 valence electrons. The molecule has 0 fully saturated rings. The molecule has 0 saturated carbocycles. The number of hydrogen-bond acceptors (Lipinski definition) is 5. The minimum atomic E-state index is 0.331. The number of fused-ring (bicyclic) bond motifs is 1. The molecule has 0 unspecified atom stereocenters. The molecule has 6 heteroatoms. The van der Waals surface area contributed by atoms with E-state index in [4.69, 9.17) is 5.26 Å². The monoisotopic (exact) mass is 255 g/mol. The van der Waals surface area contributed by atoms with Crippen molar-refractivity contribution in [1.29, 1.82) is 5.26 Å². The van der Waals surface area contributed by atoms with Crippen molar-refractivity contribution in [3.05, 3.63) is 29.6 Å². The van der Waals surface area contributed by atoms with Crippen LogP contribution in [0.2, 0.25) is 0 Å². The number of hydrogen-bond donors (Lipinski definition) is 0. The fourth-order valence-corrected chi connectivity index (χ4v) is 2.94. The predicted octanol–water partition coefficient (Wildman–Crippen LogP) is 2.27. The molecular formula is C12H9N5S. The third kappa shape index (κ3) is 1.57. The Kier molecular flexibility index (Phi) is 2.35. The largest absolute Gasteiger partial charge is 0.258 e. The Morgan fingerprint density at radius 2 is 2.17 bits per heavy atom. The van der Waals surface area contributed by atoms with Crippen LogP contribution in [0.1, 0.15) is 11.4 Å². The molecule has 0 bridgehead atoms. The van der Waals surface area contributed by atoms with E-state index in [2.05, 4.69) is 21.4 Å². The van der Waals surface area contributed by atoms with Gasteiger partial charge in [0, 0.05) is 12.4 Å². The van der Waals surface area contributed by atoms with Crippen LogP contribution in [0.3, 0.4) is 0 Å². The first-order valence-electron chi connectivity index (χ1n) is 5.36. The summed E-state index contributed by atoms with van der Waals surface area (Å²) in [4.78, 5) is 2.16. The molecule has 18 heavy (non-hydrogen) atoms. The van der Waals surface area contributed by atoms with E-state index in [9.17, 15) is 0 Å². The topological polar surface area (TPSA) is 67.4 Å². The summed E-state index contributed by atoms with van der Waals surface area (Å²) in [5.74, 6) is 0. The van der Waals surface area contributed by atoms with Gasteiger partial charge in [0.25, 0.3) is 0 Å². The van der Waals surface area contributed by atoms with Gasteiger partial charge in [-0.1, -0.05) is 0 Å². The molecule has 0 amide bonds. The molecule has 0 aromatic carbocycles. The average Bonchev–Trinajstić information content (AvgIpc) is 2.93. The Morgan fingerprint density at radius 3 is 2.78 bits per heavy atom. The van der Waals surface area contributed by atoms with Gasteiger partial charge in [-0.25, -0.2) is 0 Å². The Bertz CT molecular complexity index is 726. The van der Waals surface area contributed by atoms with Gasteiger partial charge in [0.1, 0.15) is 16.6 Å². The molecule has 5 nitrogen and oxygen atoms in total. The number of rotatable bonds is 1. The van der Waals surface area contributed by atoms with Crippen LogP contribution in [0, 0.1) is 18.3 Å². The molecule has 0 aliphatic heterocycles. The van der Waals surface area contributed by atoms with Crippen molar-refractivity contribution in [1.82, 2.24) is 20.0 Å². The van der Waals surface area contributed by atoms with Gasteiger partial charge >= 0.3 is 0 Å². The van der Waals surface area contributed by atoms with E-state index in [1.54, 1.807) is 17.4 Å². The number of nitrogens with zero attached hydrogens (tertiary/aromatic N) is 5. The summed E-state index contributed by atoms with van der Waals surface area (Å²) in [7, 11) is 1.93. The van der Waals surface area contributed by atoms with Crippen molar-refractivity contribution in [2.24, 2.45) is 7.05 Å². The van der Waals surface area contributed by atoms with Crippen LogP contribution in [0.4, 0.5) is 0 Å². The van der Waals surface area contributed by atoms with Crippen LogP contribution in [-0.2, 0) is 7.05 Å². The first kappa shape index (κ1) is 10.9. The molecule has 0 N–H and O–H groups in total. The van der Waals surface area contributed by atoms with Crippen LogP contribution >= 0.6 is 11.3 Å². The van der Waals surface area contributed by atoms with Crippen LogP contribution in [-0.4, -0.2) is 20.0 Å². The highest BCUT2D eigenvalue weighted by molar-refractivity contribution is 7.21. The normalized spacial score (nSPS) is 10.7. The summed E-state index contributed by atoms with van der Waals surface area (Å²) in [5, 5.41) is 22.1. The molecule has 0 aliphatic carbocycles. The molecule has 0 aliphatic rings. The zero-order valence-electron chi connectivity index (χ0n) is 9.88. The standard InChI is InChI=1S/C12H9N5S/c1-7-9-5-11(18-12(9)17(2)16-7)10-4-3-8(6-13)14-15-10/h3-5H,1-2H3. The summed E-state index contributed by atoms with van der Waals surface area (Å²) in [6.07, 6.45) is 0. The average molecular weight is 255 g/mol. The maximum absolute atomic E-state index is 8.69.